The highest BCUT2D eigenvalue weighted by Crippen LogP contribution is 2.19. The third-order valence-electron chi connectivity index (χ3n) is 4.34. The summed E-state index contributed by atoms with van der Waals surface area (Å²) >= 11 is 0. The zero-order valence-corrected chi connectivity index (χ0v) is 16.4. The minimum absolute atomic E-state index is 0.0309. The van der Waals surface area contributed by atoms with Gasteiger partial charge in [-0.15, -0.1) is 0 Å². The Kier molecular flexibility index (Phi) is 6.26. The first-order valence-electron chi connectivity index (χ1n) is 9.37. The van der Waals surface area contributed by atoms with Crippen LogP contribution in [-0.4, -0.2) is 54.1 Å². The van der Waals surface area contributed by atoms with E-state index in [-0.39, 0.29) is 23.6 Å². The molecule has 0 radical (unpaired) electrons. The van der Waals surface area contributed by atoms with Crippen molar-refractivity contribution in [2.24, 2.45) is 0 Å². The van der Waals surface area contributed by atoms with E-state index in [9.17, 15) is 9.59 Å². The smallest absolute Gasteiger partial charge is 0.274 e. The number of rotatable bonds is 5. The zero-order chi connectivity index (χ0) is 20.1. The van der Waals surface area contributed by atoms with Crippen molar-refractivity contribution >= 4 is 17.5 Å². The van der Waals surface area contributed by atoms with Crippen LogP contribution in [0.4, 0.5) is 5.69 Å². The molecule has 0 aliphatic carbocycles. The predicted octanol–water partition coefficient (Wildman–Crippen LogP) is 2.90. The Bertz CT molecular complexity index is 860. The van der Waals surface area contributed by atoms with Crippen LogP contribution < -0.4 is 10.1 Å². The van der Waals surface area contributed by atoms with Gasteiger partial charge in [0.1, 0.15) is 5.69 Å². The van der Waals surface area contributed by atoms with Crippen molar-refractivity contribution in [3.05, 3.63) is 53.2 Å². The molecule has 1 fully saturated rings. The van der Waals surface area contributed by atoms with Crippen LogP contribution in [0.15, 0.2) is 36.4 Å². The summed E-state index contributed by atoms with van der Waals surface area (Å²) in [5.41, 5.74) is 2.23. The fraction of sp³-hybridized carbons (Fsp3) is 0.381. The van der Waals surface area contributed by atoms with Crippen LogP contribution in [0.5, 0.6) is 5.88 Å². The van der Waals surface area contributed by atoms with Crippen LogP contribution in [-0.2, 0) is 4.74 Å². The number of ether oxygens (including phenoxy) is 2. The summed E-state index contributed by atoms with van der Waals surface area (Å²) in [7, 11) is 0. The van der Waals surface area contributed by atoms with E-state index in [0.29, 0.717) is 43.4 Å². The summed E-state index contributed by atoms with van der Waals surface area (Å²) in [6.45, 7) is 7.90. The van der Waals surface area contributed by atoms with Crippen molar-refractivity contribution in [3.8, 4) is 5.88 Å². The van der Waals surface area contributed by atoms with E-state index in [1.165, 1.54) is 0 Å². The highest BCUT2D eigenvalue weighted by Gasteiger charge is 2.21. The van der Waals surface area contributed by atoms with E-state index < -0.39 is 0 Å². The van der Waals surface area contributed by atoms with Gasteiger partial charge in [0.15, 0.2) is 0 Å². The number of hydrogen-bond acceptors (Lipinski definition) is 5. The molecule has 1 saturated heterocycles. The molecule has 2 aromatic rings. The van der Waals surface area contributed by atoms with Gasteiger partial charge in [-0.05, 0) is 44.5 Å². The second-order valence-electron chi connectivity index (χ2n) is 6.92. The predicted molar refractivity (Wildman–Crippen MR) is 106 cm³/mol. The Balaban J connectivity index is 1.75. The Morgan fingerprint density at radius 3 is 2.64 bits per heavy atom. The van der Waals surface area contributed by atoms with Gasteiger partial charge < -0.3 is 19.7 Å². The second-order valence-corrected chi connectivity index (χ2v) is 6.92. The quantitative estimate of drug-likeness (QED) is 0.859. The molecule has 0 atom stereocenters. The van der Waals surface area contributed by atoms with Crippen molar-refractivity contribution < 1.29 is 19.1 Å². The number of carbonyl (C=O) groups is 2. The molecule has 148 valence electrons. The molecule has 2 heterocycles. The standard InChI is InChI=1S/C21H25N3O4/c1-14(2)28-19-6-4-5-18(23-19)20(25)22-16-8-7-15(3)17(13-16)21(26)24-9-11-27-12-10-24/h4-8,13-14H,9-12H2,1-3H3,(H,22,25). The van der Waals surface area contributed by atoms with Crippen molar-refractivity contribution in [1.29, 1.82) is 0 Å². The topological polar surface area (TPSA) is 80.8 Å². The molecule has 2 amide bonds. The molecule has 7 heteroatoms. The molecule has 0 saturated carbocycles. The van der Waals surface area contributed by atoms with Crippen LogP contribution in [0.25, 0.3) is 0 Å². The van der Waals surface area contributed by atoms with E-state index in [1.807, 2.05) is 26.8 Å². The lowest BCUT2D eigenvalue weighted by Crippen LogP contribution is -2.41. The monoisotopic (exact) mass is 383 g/mol. The van der Waals surface area contributed by atoms with Crippen molar-refractivity contribution in [2.45, 2.75) is 26.9 Å². The molecular weight excluding hydrogens is 358 g/mol. The number of benzene rings is 1. The molecule has 0 bridgehead atoms. The maximum absolute atomic E-state index is 12.8. The molecule has 0 unspecified atom stereocenters. The van der Waals surface area contributed by atoms with Gasteiger partial charge in [0, 0.05) is 30.4 Å². The molecule has 28 heavy (non-hydrogen) atoms. The third-order valence-corrected chi connectivity index (χ3v) is 4.34. The fourth-order valence-electron chi connectivity index (χ4n) is 2.91. The maximum atomic E-state index is 12.8. The third kappa shape index (κ3) is 4.86. The minimum atomic E-state index is -0.358. The van der Waals surface area contributed by atoms with E-state index >= 15 is 0 Å². The first-order valence-corrected chi connectivity index (χ1v) is 9.37. The molecule has 1 aliphatic heterocycles. The normalized spacial score (nSPS) is 14.1. The first kappa shape index (κ1) is 19.8. The highest BCUT2D eigenvalue weighted by atomic mass is 16.5. The number of carbonyl (C=O) groups excluding carboxylic acids is 2. The summed E-state index contributed by atoms with van der Waals surface area (Å²) in [5, 5.41) is 2.81. The van der Waals surface area contributed by atoms with E-state index in [4.69, 9.17) is 9.47 Å². The molecule has 3 rings (SSSR count). The van der Waals surface area contributed by atoms with Crippen LogP contribution >= 0.6 is 0 Å². The SMILES string of the molecule is Cc1ccc(NC(=O)c2cccc(OC(C)C)n2)cc1C(=O)N1CCOCC1. The number of hydrogen-bond donors (Lipinski definition) is 1. The Labute approximate surface area is 164 Å². The summed E-state index contributed by atoms with van der Waals surface area (Å²) in [6, 6.07) is 10.4. The van der Waals surface area contributed by atoms with E-state index in [2.05, 4.69) is 10.3 Å². The molecule has 1 aromatic heterocycles. The highest BCUT2D eigenvalue weighted by molar-refractivity contribution is 6.04. The number of nitrogens with zero attached hydrogens (tertiary/aromatic N) is 2. The zero-order valence-electron chi connectivity index (χ0n) is 16.4. The lowest BCUT2D eigenvalue weighted by Gasteiger charge is -2.27. The molecule has 1 N–H and O–H groups in total. The minimum Gasteiger partial charge on any atom is -0.475 e. The van der Waals surface area contributed by atoms with Crippen LogP contribution in [0.3, 0.4) is 0 Å². The number of nitrogens with one attached hydrogen (secondary N) is 1. The van der Waals surface area contributed by atoms with Gasteiger partial charge in [-0.2, -0.15) is 0 Å². The number of anilines is 1. The molecule has 1 aromatic carbocycles. The second kappa shape index (κ2) is 8.84. The van der Waals surface area contributed by atoms with Crippen LogP contribution in [0, 0.1) is 6.92 Å². The van der Waals surface area contributed by atoms with E-state index in [0.717, 1.165) is 5.56 Å². The largest absolute Gasteiger partial charge is 0.475 e. The molecule has 0 spiro atoms. The average molecular weight is 383 g/mol. The summed E-state index contributed by atoms with van der Waals surface area (Å²) in [6.07, 6.45) is -0.0309. The van der Waals surface area contributed by atoms with Crippen molar-refractivity contribution in [3.63, 3.8) is 0 Å². The van der Waals surface area contributed by atoms with Gasteiger partial charge in [0.25, 0.3) is 11.8 Å². The molecular formula is C21H25N3O4. The van der Waals surface area contributed by atoms with Crippen LogP contribution in [0.2, 0.25) is 0 Å². The fourth-order valence-corrected chi connectivity index (χ4v) is 2.91. The molecule has 1 aliphatic rings. The van der Waals surface area contributed by atoms with Crippen molar-refractivity contribution in [1.82, 2.24) is 9.88 Å². The number of morpholine rings is 1. The van der Waals surface area contributed by atoms with Gasteiger partial charge in [-0.25, -0.2) is 4.98 Å². The number of aromatic nitrogens is 1. The summed E-state index contributed by atoms with van der Waals surface area (Å²) in [4.78, 5) is 31.4. The van der Waals surface area contributed by atoms with Gasteiger partial charge in [0.05, 0.1) is 19.3 Å². The van der Waals surface area contributed by atoms with Gasteiger partial charge in [0.2, 0.25) is 5.88 Å². The lowest BCUT2D eigenvalue weighted by atomic mass is 10.1. The first-order chi connectivity index (χ1) is 13.4. The van der Waals surface area contributed by atoms with Gasteiger partial charge in [-0.3, -0.25) is 9.59 Å². The van der Waals surface area contributed by atoms with Crippen molar-refractivity contribution in [2.75, 3.05) is 31.6 Å². The van der Waals surface area contributed by atoms with E-state index in [1.54, 1.807) is 35.2 Å². The Morgan fingerprint density at radius 2 is 1.93 bits per heavy atom. The summed E-state index contributed by atoms with van der Waals surface area (Å²) < 4.78 is 10.8. The lowest BCUT2D eigenvalue weighted by molar-refractivity contribution is 0.0302. The summed E-state index contributed by atoms with van der Waals surface area (Å²) in [5.74, 6) is -0.0140. The van der Waals surface area contributed by atoms with Gasteiger partial charge in [-0.1, -0.05) is 12.1 Å². The molecule has 7 nitrogen and oxygen atoms in total. The number of aryl methyl sites for hydroxylation is 1. The van der Waals surface area contributed by atoms with Crippen LogP contribution in [0.1, 0.15) is 40.3 Å². The number of pyridine rings is 1. The average Bonchev–Trinajstić information content (AvgIpc) is 2.69. The Hall–Kier alpha value is -2.93. The van der Waals surface area contributed by atoms with Gasteiger partial charge >= 0.3 is 0 Å². The Morgan fingerprint density at radius 1 is 1.18 bits per heavy atom. The number of amides is 2. The maximum Gasteiger partial charge on any atom is 0.274 e.